The normalized spacial score (nSPS) is 3.40. The Morgan fingerprint density at radius 1 is 1.60 bits per heavy atom. The summed E-state index contributed by atoms with van der Waals surface area (Å²) >= 11 is 0. The molecule has 0 fully saturated rings. The minimum Gasteiger partial charge on any atom is -0.358 e. The van der Waals surface area contributed by atoms with Gasteiger partial charge in [-0.25, -0.2) is 0 Å². The molecule has 0 N–H and O–H groups in total. The van der Waals surface area contributed by atoms with Gasteiger partial charge in [-0.05, 0) is 0 Å². The molecule has 0 aliphatic rings. The van der Waals surface area contributed by atoms with Crippen molar-refractivity contribution in [3.8, 4) is 0 Å². The summed E-state index contributed by atoms with van der Waals surface area (Å²) in [5, 5.41) is 0. The molecule has 0 aromatic rings. The summed E-state index contributed by atoms with van der Waals surface area (Å²) in [6, 6.07) is 0. The summed E-state index contributed by atoms with van der Waals surface area (Å²) in [5.74, 6) is 0. The first kappa shape index (κ1) is 17.1. The van der Waals surface area contributed by atoms with Gasteiger partial charge in [-0.3, -0.25) is 0 Å². The van der Waals surface area contributed by atoms with Gasteiger partial charge < -0.3 is 7.43 Å². The van der Waals surface area contributed by atoms with Crippen LogP contribution in [0.5, 0.6) is 0 Å². The zero-order valence-corrected chi connectivity index (χ0v) is 6.63. The van der Waals surface area contributed by atoms with E-state index in [1.54, 1.807) is 0 Å². The van der Waals surface area contributed by atoms with E-state index < -0.39 is 0 Å². The predicted molar refractivity (Wildman–Crippen MR) is 22.6 cm³/mol. The van der Waals surface area contributed by atoms with Crippen molar-refractivity contribution in [3.05, 3.63) is 7.43 Å². The molecule has 0 nitrogen and oxygen atoms in total. The van der Waals surface area contributed by atoms with Gasteiger partial charge >= 0.3 is 0 Å². The van der Waals surface area contributed by atoms with Crippen LogP contribution in [-0.2, 0) is 21.1 Å². The largest absolute Gasteiger partial charge is 0.358 e. The Morgan fingerprint density at radius 2 is 1.60 bits per heavy atom. The molecule has 0 aliphatic carbocycles. The average molecular weight is 239 g/mol. The molecular weight excluding hydrogens is 231 g/mol. The van der Waals surface area contributed by atoms with Gasteiger partial charge in [0.1, 0.15) is 0 Å². The molecule has 2 heteroatoms. The van der Waals surface area contributed by atoms with E-state index in [2.05, 4.69) is 0 Å². The van der Waals surface area contributed by atoms with E-state index in [0.717, 1.165) is 6.32 Å². The van der Waals surface area contributed by atoms with Crippen LogP contribution in [0.15, 0.2) is 0 Å². The van der Waals surface area contributed by atoms with Crippen molar-refractivity contribution in [2.75, 3.05) is 0 Å². The van der Waals surface area contributed by atoms with Crippen molar-refractivity contribution in [1.82, 2.24) is 0 Å². The van der Waals surface area contributed by atoms with Crippen LogP contribution in [-0.4, -0.2) is 7.85 Å². The number of rotatable bonds is 0. The van der Waals surface area contributed by atoms with E-state index in [9.17, 15) is 0 Å². The minimum absolute atomic E-state index is 0. The first-order valence-electron chi connectivity index (χ1n) is 1.12. The van der Waals surface area contributed by atoms with Gasteiger partial charge in [0.2, 0.25) is 0 Å². The Bertz CT molecular complexity index is 6.85. The van der Waals surface area contributed by atoms with Gasteiger partial charge in [0, 0.05) is 21.1 Å². The molecule has 2 radical (unpaired) electrons. The summed E-state index contributed by atoms with van der Waals surface area (Å²) in [6.45, 7) is 1.90. The molecule has 0 aromatic carbocycles. The van der Waals surface area contributed by atoms with Crippen LogP contribution in [0, 0.1) is 7.43 Å². The van der Waals surface area contributed by atoms with Gasteiger partial charge in [-0.1, -0.05) is 13.2 Å². The molecule has 0 heterocycles. The van der Waals surface area contributed by atoms with Crippen molar-refractivity contribution in [2.24, 2.45) is 0 Å². The van der Waals surface area contributed by atoms with Crippen LogP contribution in [0.2, 0.25) is 6.32 Å². The van der Waals surface area contributed by atoms with Gasteiger partial charge in [0.25, 0.3) is 0 Å². The number of hydrogen-bond donors (Lipinski definition) is 0. The summed E-state index contributed by atoms with van der Waals surface area (Å²) in [5.41, 5.74) is 0. The third-order valence-corrected chi connectivity index (χ3v) is 0. The Kier molecular flexibility index (Phi) is 74.7. The van der Waals surface area contributed by atoms with E-state index in [4.69, 9.17) is 7.85 Å². The average Bonchev–Trinajstić information content (AvgIpc) is 0.918. The second kappa shape index (κ2) is 21.8. The van der Waals surface area contributed by atoms with E-state index in [-0.39, 0.29) is 28.5 Å². The molecule has 0 unspecified atom stereocenters. The van der Waals surface area contributed by atoms with E-state index >= 15 is 0 Å². The van der Waals surface area contributed by atoms with Crippen LogP contribution in [0.4, 0.5) is 0 Å². The SMILES string of the molecule is [B]CC.[CH3-].[W]. The monoisotopic (exact) mass is 239 g/mol. The van der Waals surface area contributed by atoms with Crippen molar-refractivity contribution in [2.45, 2.75) is 13.2 Å². The second-order valence-electron chi connectivity index (χ2n) is 0.408. The van der Waals surface area contributed by atoms with Gasteiger partial charge in [0.15, 0.2) is 0 Å². The molecule has 0 atom stereocenters. The van der Waals surface area contributed by atoms with Crippen molar-refractivity contribution >= 4 is 7.85 Å². The Labute approximate surface area is 50.0 Å². The van der Waals surface area contributed by atoms with Crippen LogP contribution < -0.4 is 0 Å². The van der Waals surface area contributed by atoms with E-state index in [1.165, 1.54) is 0 Å². The number of hydrogen-bond acceptors (Lipinski definition) is 0. The fraction of sp³-hybridized carbons (Fsp3) is 0.667. The molecule has 5 heavy (non-hydrogen) atoms. The summed E-state index contributed by atoms with van der Waals surface area (Å²) < 4.78 is 0. The fourth-order valence-corrected chi connectivity index (χ4v) is 0. The predicted octanol–water partition coefficient (Wildman–Crippen LogP) is 1.04. The molecule has 0 saturated carbocycles. The van der Waals surface area contributed by atoms with Crippen LogP contribution in [0.25, 0.3) is 0 Å². The molecule has 30 valence electrons. The first-order valence-corrected chi connectivity index (χ1v) is 1.12. The Balaban J connectivity index is -0.0000000200. The fourth-order valence-electron chi connectivity index (χ4n) is 0. The molecule has 0 amide bonds. The minimum atomic E-state index is 0. The Morgan fingerprint density at radius 3 is 1.60 bits per heavy atom. The van der Waals surface area contributed by atoms with Crippen molar-refractivity contribution in [1.29, 1.82) is 0 Å². The molecule has 0 aromatic heterocycles. The smallest absolute Gasteiger partial charge is 0.0649 e. The van der Waals surface area contributed by atoms with Crippen molar-refractivity contribution < 1.29 is 21.1 Å². The maximum atomic E-state index is 4.85. The topological polar surface area (TPSA) is 0 Å². The third-order valence-electron chi connectivity index (χ3n) is 0. The molecule has 0 spiro atoms. The van der Waals surface area contributed by atoms with Gasteiger partial charge in [0.05, 0.1) is 7.85 Å². The maximum Gasteiger partial charge on any atom is 0.0649 e. The van der Waals surface area contributed by atoms with Crippen molar-refractivity contribution in [3.63, 3.8) is 0 Å². The summed E-state index contributed by atoms with van der Waals surface area (Å²) in [6.07, 6.45) is 0.750. The molecule has 0 saturated heterocycles. The summed E-state index contributed by atoms with van der Waals surface area (Å²) in [7, 11) is 4.85. The molecule has 0 bridgehead atoms. The zero-order valence-electron chi connectivity index (χ0n) is 3.69. The van der Waals surface area contributed by atoms with Crippen LogP contribution in [0.3, 0.4) is 0 Å². The maximum absolute atomic E-state index is 4.85. The second-order valence-corrected chi connectivity index (χ2v) is 0.408. The standard InChI is InChI=1S/C2H5B.CH3.W/c1-2-3;;/h2H2,1H3;1H3;/q;-1;. The van der Waals surface area contributed by atoms with Gasteiger partial charge in [-0.15, -0.1) is 0 Å². The van der Waals surface area contributed by atoms with Gasteiger partial charge in [-0.2, -0.15) is 0 Å². The molecule has 0 aliphatic heterocycles. The quantitative estimate of drug-likeness (QED) is 0.437. The molecular formula is C3H8BW-. The molecule has 0 rings (SSSR count). The first-order chi connectivity index (χ1) is 1.41. The zero-order chi connectivity index (χ0) is 2.71. The van der Waals surface area contributed by atoms with Crippen LogP contribution in [0.1, 0.15) is 6.92 Å². The Hall–Kier alpha value is 0.753. The third kappa shape index (κ3) is 63.5. The van der Waals surface area contributed by atoms with Crippen LogP contribution >= 0.6 is 0 Å². The van der Waals surface area contributed by atoms with E-state index in [1.807, 2.05) is 6.92 Å². The van der Waals surface area contributed by atoms with E-state index in [0.29, 0.717) is 0 Å². The summed E-state index contributed by atoms with van der Waals surface area (Å²) in [4.78, 5) is 0.